The van der Waals surface area contributed by atoms with Crippen LogP contribution in [0.5, 0.6) is 0 Å². The number of benzene rings is 1. The number of carbonyl (C=O) groups is 3. The van der Waals surface area contributed by atoms with Crippen molar-refractivity contribution in [2.45, 2.75) is 25.3 Å². The third-order valence-corrected chi connectivity index (χ3v) is 6.21. The summed E-state index contributed by atoms with van der Waals surface area (Å²) in [5.41, 5.74) is 1.66. The fourth-order valence-corrected chi connectivity index (χ4v) is 4.62. The average Bonchev–Trinajstić information content (AvgIpc) is 3.08. The Balaban J connectivity index is 0.000000755. The summed E-state index contributed by atoms with van der Waals surface area (Å²) in [5, 5.41) is 16.8. The van der Waals surface area contributed by atoms with E-state index >= 15 is 0 Å². The van der Waals surface area contributed by atoms with E-state index in [0.717, 1.165) is 24.0 Å². The van der Waals surface area contributed by atoms with Crippen molar-refractivity contribution in [1.82, 2.24) is 19.4 Å². The van der Waals surface area contributed by atoms with Crippen LogP contribution in [0.4, 0.5) is 0 Å². The number of hydrogen-bond donors (Lipinski definition) is 2. The Bertz CT molecular complexity index is 927. The molecule has 9 heteroatoms. The molecule has 2 saturated heterocycles. The zero-order chi connectivity index (χ0) is 21.2. The van der Waals surface area contributed by atoms with Crippen LogP contribution in [0.2, 0.25) is 0 Å². The lowest BCUT2D eigenvalue weighted by atomic mass is 9.68. The summed E-state index contributed by atoms with van der Waals surface area (Å²) in [7, 11) is 3.89. The van der Waals surface area contributed by atoms with Crippen LogP contribution in [0, 0.1) is 5.41 Å². The first-order valence-corrected chi connectivity index (χ1v) is 9.56. The van der Waals surface area contributed by atoms with Crippen molar-refractivity contribution in [1.29, 1.82) is 0 Å². The molecular weight excluding hydrogens is 376 g/mol. The molecule has 0 aliphatic carbocycles. The van der Waals surface area contributed by atoms with Crippen molar-refractivity contribution in [2.75, 3.05) is 26.7 Å². The van der Waals surface area contributed by atoms with E-state index in [1.807, 2.05) is 36.9 Å². The van der Waals surface area contributed by atoms with Gasteiger partial charge in [-0.15, -0.1) is 0 Å². The van der Waals surface area contributed by atoms with E-state index in [9.17, 15) is 14.7 Å². The topological polar surface area (TPSA) is 116 Å². The lowest BCUT2D eigenvalue weighted by molar-refractivity contribution is -0.161. The summed E-state index contributed by atoms with van der Waals surface area (Å²) in [5.74, 6) is -0.772. The standard InChI is InChI=1S/C19H24N4O3.CH2O2/c1-21-8-3-6-19(18(25)26)7-9-23(11-16(19)21)17(24)13-4-5-15-14(10-13)20-12-22(15)2;2-1-3/h4-5,10,12,16H,3,6-9,11H2,1-2H3,(H,25,26);1H,(H,2,3)/t16-,19+;/m1./s1. The van der Waals surface area contributed by atoms with Crippen molar-refractivity contribution in [3.63, 3.8) is 0 Å². The lowest BCUT2D eigenvalue weighted by Gasteiger charge is -2.51. The highest BCUT2D eigenvalue weighted by Crippen LogP contribution is 2.42. The molecule has 9 nitrogen and oxygen atoms in total. The minimum absolute atomic E-state index is 0.0458. The average molecular weight is 402 g/mol. The number of carbonyl (C=O) groups excluding carboxylic acids is 1. The number of carboxylic acid groups (broad SMARTS) is 2. The van der Waals surface area contributed by atoms with E-state index in [0.29, 0.717) is 31.5 Å². The normalized spacial score (nSPS) is 24.3. The van der Waals surface area contributed by atoms with Gasteiger partial charge < -0.3 is 24.6 Å². The summed E-state index contributed by atoms with van der Waals surface area (Å²) >= 11 is 0. The van der Waals surface area contributed by atoms with Crippen molar-refractivity contribution < 1.29 is 24.6 Å². The maximum absolute atomic E-state index is 13.0. The minimum Gasteiger partial charge on any atom is -0.483 e. The van der Waals surface area contributed by atoms with Crippen molar-refractivity contribution in [3.8, 4) is 0 Å². The summed E-state index contributed by atoms with van der Waals surface area (Å²) < 4.78 is 1.92. The zero-order valence-corrected chi connectivity index (χ0v) is 16.6. The molecule has 2 aliphatic heterocycles. The molecule has 1 aromatic carbocycles. The van der Waals surface area contributed by atoms with Crippen molar-refractivity contribution in [3.05, 3.63) is 30.1 Å². The third kappa shape index (κ3) is 3.69. The number of amides is 1. The molecule has 0 unspecified atom stereocenters. The zero-order valence-electron chi connectivity index (χ0n) is 16.6. The molecule has 1 aromatic heterocycles. The predicted molar refractivity (Wildman–Crippen MR) is 106 cm³/mol. The molecule has 29 heavy (non-hydrogen) atoms. The molecule has 0 saturated carbocycles. The summed E-state index contributed by atoms with van der Waals surface area (Å²) in [6.07, 6.45) is 3.83. The van der Waals surface area contributed by atoms with E-state index in [1.54, 1.807) is 11.2 Å². The Hall–Kier alpha value is -2.94. The van der Waals surface area contributed by atoms with E-state index in [2.05, 4.69) is 9.88 Å². The first-order valence-electron chi connectivity index (χ1n) is 9.56. The highest BCUT2D eigenvalue weighted by Gasteiger charge is 2.52. The number of aliphatic carboxylic acids is 1. The number of imidazole rings is 1. The van der Waals surface area contributed by atoms with Crippen LogP contribution < -0.4 is 0 Å². The quantitative estimate of drug-likeness (QED) is 0.727. The maximum Gasteiger partial charge on any atom is 0.311 e. The SMILES string of the molecule is CN1CCC[C@]2(C(=O)O)CCN(C(=O)c3ccc4c(c3)ncn4C)C[C@@H]12.O=CO. The summed E-state index contributed by atoms with van der Waals surface area (Å²) in [6, 6.07) is 5.43. The van der Waals surface area contributed by atoms with Gasteiger partial charge in [-0.1, -0.05) is 0 Å². The van der Waals surface area contributed by atoms with E-state index in [1.165, 1.54) is 0 Å². The fraction of sp³-hybridized carbons (Fsp3) is 0.500. The van der Waals surface area contributed by atoms with Gasteiger partial charge in [0.05, 0.1) is 22.8 Å². The van der Waals surface area contributed by atoms with Crippen LogP contribution in [0.25, 0.3) is 11.0 Å². The van der Waals surface area contributed by atoms with Crippen LogP contribution in [0.15, 0.2) is 24.5 Å². The number of fused-ring (bicyclic) bond motifs is 2. The molecule has 2 atom stereocenters. The van der Waals surface area contributed by atoms with E-state index in [-0.39, 0.29) is 18.4 Å². The molecule has 1 amide bonds. The highest BCUT2D eigenvalue weighted by molar-refractivity contribution is 5.97. The molecule has 2 aliphatic rings. The second-order valence-electron chi connectivity index (χ2n) is 7.73. The largest absolute Gasteiger partial charge is 0.483 e. The Morgan fingerprint density at radius 3 is 2.66 bits per heavy atom. The Morgan fingerprint density at radius 1 is 1.24 bits per heavy atom. The number of aromatic nitrogens is 2. The number of carboxylic acids is 1. The second-order valence-corrected chi connectivity index (χ2v) is 7.73. The number of nitrogens with zero attached hydrogens (tertiary/aromatic N) is 4. The predicted octanol–water partition coefficient (Wildman–Crippen LogP) is 1.29. The van der Waals surface area contributed by atoms with Gasteiger partial charge in [0.2, 0.25) is 0 Å². The molecular formula is C20H26N4O5. The number of aryl methyl sites for hydroxylation is 1. The monoisotopic (exact) mass is 402 g/mol. The van der Waals surface area contributed by atoms with Gasteiger partial charge in [0, 0.05) is 31.7 Å². The molecule has 156 valence electrons. The number of rotatable bonds is 2. The first-order chi connectivity index (χ1) is 13.8. The number of hydrogen-bond acceptors (Lipinski definition) is 5. The van der Waals surface area contributed by atoms with Gasteiger partial charge >= 0.3 is 5.97 Å². The van der Waals surface area contributed by atoms with Gasteiger partial charge in [-0.2, -0.15) is 0 Å². The summed E-state index contributed by atoms with van der Waals surface area (Å²) in [6.45, 7) is 1.57. The number of likely N-dealkylation sites (N-methyl/N-ethyl adjacent to an activating group) is 1. The molecule has 2 fully saturated rings. The maximum atomic E-state index is 13.0. The Kier molecular flexibility index (Phi) is 5.88. The van der Waals surface area contributed by atoms with Gasteiger partial charge in [-0.3, -0.25) is 14.4 Å². The van der Waals surface area contributed by atoms with Gasteiger partial charge in [0.25, 0.3) is 12.4 Å². The van der Waals surface area contributed by atoms with Crippen molar-refractivity contribution >= 4 is 29.4 Å². The highest BCUT2D eigenvalue weighted by atomic mass is 16.4. The molecule has 2 N–H and O–H groups in total. The Labute approximate surface area is 168 Å². The molecule has 0 radical (unpaired) electrons. The number of likely N-dealkylation sites (tertiary alicyclic amines) is 2. The smallest absolute Gasteiger partial charge is 0.311 e. The van der Waals surface area contributed by atoms with Gasteiger partial charge in [0.15, 0.2) is 0 Å². The summed E-state index contributed by atoms with van der Waals surface area (Å²) in [4.78, 5) is 41.6. The molecule has 4 rings (SSSR count). The third-order valence-electron chi connectivity index (χ3n) is 6.21. The van der Waals surface area contributed by atoms with Crippen LogP contribution >= 0.6 is 0 Å². The van der Waals surface area contributed by atoms with Crippen LogP contribution in [0.3, 0.4) is 0 Å². The molecule has 3 heterocycles. The van der Waals surface area contributed by atoms with Crippen molar-refractivity contribution in [2.24, 2.45) is 12.5 Å². The Morgan fingerprint density at radius 2 is 1.97 bits per heavy atom. The second kappa shape index (κ2) is 8.20. The van der Waals surface area contributed by atoms with Crippen LogP contribution in [0.1, 0.15) is 29.6 Å². The minimum atomic E-state index is -0.727. The van der Waals surface area contributed by atoms with E-state index < -0.39 is 11.4 Å². The molecule has 0 spiro atoms. The fourth-order valence-electron chi connectivity index (χ4n) is 4.62. The van der Waals surface area contributed by atoms with Crippen LogP contribution in [-0.2, 0) is 16.6 Å². The van der Waals surface area contributed by atoms with Gasteiger partial charge in [-0.05, 0) is 51.1 Å². The van der Waals surface area contributed by atoms with Gasteiger partial charge in [0.1, 0.15) is 0 Å². The van der Waals surface area contributed by atoms with E-state index in [4.69, 9.17) is 9.90 Å². The van der Waals surface area contributed by atoms with Gasteiger partial charge in [-0.25, -0.2) is 4.98 Å². The van der Waals surface area contributed by atoms with Crippen LogP contribution in [-0.4, -0.2) is 80.6 Å². The molecule has 0 bridgehead atoms. The number of piperidine rings is 2. The molecule has 2 aromatic rings. The lowest BCUT2D eigenvalue weighted by Crippen LogP contribution is -2.63. The first kappa shape index (κ1) is 20.8.